The van der Waals surface area contributed by atoms with Crippen LogP contribution in [0.4, 0.5) is 13.2 Å². The highest BCUT2D eigenvalue weighted by Gasteiger charge is 2.56. The lowest BCUT2D eigenvalue weighted by atomic mass is 9.78. The van der Waals surface area contributed by atoms with Crippen LogP contribution in [-0.4, -0.2) is 44.5 Å². The minimum atomic E-state index is -4.44. The molecule has 3 aliphatic carbocycles. The van der Waals surface area contributed by atoms with Crippen LogP contribution in [-0.2, 0) is 29.5 Å². The van der Waals surface area contributed by atoms with Gasteiger partial charge in [-0.3, -0.25) is 9.78 Å². The van der Waals surface area contributed by atoms with E-state index in [2.05, 4.69) is 15.3 Å². The van der Waals surface area contributed by atoms with Crippen LogP contribution in [0.15, 0.2) is 23.8 Å². The van der Waals surface area contributed by atoms with Gasteiger partial charge in [-0.2, -0.15) is 13.2 Å². The van der Waals surface area contributed by atoms with Crippen molar-refractivity contribution in [3.8, 4) is 0 Å². The van der Waals surface area contributed by atoms with Crippen LogP contribution in [0, 0.1) is 11.3 Å². The fraction of sp³-hybridized carbons (Fsp3) is 0.667. The summed E-state index contributed by atoms with van der Waals surface area (Å²) in [6.07, 6.45) is 6.45. The molecule has 200 valence electrons. The molecule has 0 spiro atoms. The lowest BCUT2D eigenvalue weighted by molar-refractivity contribution is -0.144. The normalized spacial score (nSPS) is 33.8. The highest BCUT2D eigenvalue weighted by Crippen LogP contribution is 2.56. The van der Waals surface area contributed by atoms with Crippen LogP contribution in [0.2, 0.25) is 0 Å². The number of carbonyl (C=O) groups excluding carboxylic acids is 1. The molecule has 2 aromatic heterocycles. The Hall–Kier alpha value is -2.04. The van der Waals surface area contributed by atoms with Crippen molar-refractivity contribution >= 4 is 17.2 Å². The molecule has 0 aromatic carbocycles. The number of pyridine rings is 1. The smallest absolute Gasteiger partial charge is 0.383 e. The SMILES string of the molecule is O=C(N1CCc2ncc(C(F)(F)F)cc2C1)[C@@]12CCC[C@@H]1C[C@@H](NC1CCC(O)(c3nccs3)CC1)C2. The van der Waals surface area contributed by atoms with Crippen molar-refractivity contribution in [3.63, 3.8) is 0 Å². The first kappa shape index (κ1) is 25.2. The van der Waals surface area contributed by atoms with E-state index >= 15 is 0 Å². The summed E-state index contributed by atoms with van der Waals surface area (Å²) in [5, 5.41) is 17.6. The molecular weight excluding hydrogens is 501 g/mol. The van der Waals surface area contributed by atoms with Crippen LogP contribution < -0.4 is 5.32 Å². The number of carbonyl (C=O) groups is 1. The Bertz CT molecular complexity index is 1150. The number of nitrogens with one attached hydrogen (secondary N) is 1. The monoisotopic (exact) mass is 534 g/mol. The Labute approximate surface area is 218 Å². The van der Waals surface area contributed by atoms with E-state index in [-0.39, 0.29) is 18.5 Å². The third kappa shape index (κ3) is 4.59. The predicted molar refractivity (Wildman–Crippen MR) is 133 cm³/mol. The van der Waals surface area contributed by atoms with Crippen LogP contribution in [0.3, 0.4) is 0 Å². The molecular formula is C27H33F3N4O2S. The molecule has 0 unspecified atom stereocenters. The number of amides is 1. The number of aromatic nitrogens is 2. The summed E-state index contributed by atoms with van der Waals surface area (Å²) in [5.41, 5.74) is -0.819. The molecule has 0 saturated heterocycles. The second-order valence-electron chi connectivity index (χ2n) is 11.5. The highest BCUT2D eigenvalue weighted by atomic mass is 32.1. The van der Waals surface area contributed by atoms with E-state index in [0.29, 0.717) is 49.0 Å². The van der Waals surface area contributed by atoms with Crippen LogP contribution in [0.1, 0.15) is 79.6 Å². The van der Waals surface area contributed by atoms with E-state index in [1.165, 1.54) is 17.4 Å². The van der Waals surface area contributed by atoms with Gasteiger partial charge in [-0.05, 0) is 68.9 Å². The molecule has 3 heterocycles. The largest absolute Gasteiger partial charge is 0.417 e. The Morgan fingerprint density at radius 3 is 2.70 bits per heavy atom. The third-order valence-electron chi connectivity index (χ3n) is 9.33. The molecule has 10 heteroatoms. The first-order valence-corrected chi connectivity index (χ1v) is 14.3. The zero-order valence-corrected chi connectivity index (χ0v) is 21.6. The fourth-order valence-electron chi connectivity index (χ4n) is 7.45. The third-order valence-corrected chi connectivity index (χ3v) is 10.3. The Kier molecular flexibility index (Phi) is 6.35. The van der Waals surface area contributed by atoms with Crippen molar-refractivity contribution in [1.82, 2.24) is 20.2 Å². The van der Waals surface area contributed by atoms with Gasteiger partial charge in [0, 0.05) is 55.1 Å². The standard InChI is InChI=1S/C27H33F3N4O2S/c28-27(29,30)19-12-17-16-34(10-5-22(17)32-15-19)24(35)25-6-1-2-18(25)13-21(14-25)33-20-3-7-26(36,8-4-20)23-31-9-11-37-23/h9,11-12,15,18,20-21,33,36H,1-8,10,13-14,16H2/t18-,20?,21-,25-,26?/m1/s1. The molecule has 0 bridgehead atoms. The van der Waals surface area contributed by atoms with Gasteiger partial charge in [-0.25, -0.2) is 4.98 Å². The summed E-state index contributed by atoms with van der Waals surface area (Å²) in [7, 11) is 0. The van der Waals surface area contributed by atoms with Gasteiger partial charge in [-0.15, -0.1) is 11.3 Å². The maximum absolute atomic E-state index is 14.0. The molecule has 0 radical (unpaired) electrons. The highest BCUT2D eigenvalue weighted by molar-refractivity contribution is 7.09. The summed E-state index contributed by atoms with van der Waals surface area (Å²) in [5.74, 6) is 0.429. The number of hydrogen-bond donors (Lipinski definition) is 2. The average molecular weight is 535 g/mol. The number of fused-ring (bicyclic) bond motifs is 2. The Morgan fingerprint density at radius 2 is 1.97 bits per heavy atom. The first-order valence-electron chi connectivity index (χ1n) is 13.4. The van der Waals surface area contributed by atoms with Crippen LogP contribution in [0.25, 0.3) is 0 Å². The van der Waals surface area contributed by atoms with Gasteiger partial charge < -0.3 is 15.3 Å². The molecule has 2 aromatic rings. The van der Waals surface area contributed by atoms with Gasteiger partial charge in [-0.1, -0.05) is 6.42 Å². The number of halogens is 3. The molecule has 1 aliphatic heterocycles. The molecule has 3 saturated carbocycles. The van der Waals surface area contributed by atoms with Gasteiger partial charge in [0.05, 0.1) is 11.0 Å². The van der Waals surface area contributed by atoms with Crippen molar-refractivity contribution in [2.45, 2.75) is 94.6 Å². The quantitative estimate of drug-likeness (QED) is 0.589. The molecule has 4 aliphatic rings. The van der Waals surface area contributed by atoms with Gasteiger partial charge in [0.1, 0.15) is 10.6 Å². The van der Waals surface area contributed by atoms with Crippen LogP contribution in [0.5, 0.6) is 0 Å². The van der Waals surface area contributed by atoms with Crippen molar-refractivity contribution in [2.24, 2.45) is 11.3 Å². The summed E-state index contributed by atoms with van der Waals surface area (Å²) in [4.78, 5) is 24.1. The number of hydrogen-bond acceptors (Lipinski definition) is 6. The number of rotatable bonds is 4. The van der Waals surface area contributed by atoms with Gasteiger partial charge in [0.15, 0.2) is 0 Å². The topological polar surface area (TPSA) is 78.4 Å². The van der Waals surface area contributed by atoms with Crippen LogP contribution >= 0.6 is 11.3 Å². The molecule has 6 rings (SSSR count). The van der Waals surface area contributed by atoms with Crippen molar-refractivity contribution in [1.29, 1.82) is 0 Å². The summed E-state index contributed by atoms with van der Waals surface area (Å²) in [6.45, 7) is 0.713. The summed E-state index contributed by atoms with van der Waals surface area (Å²) >= 11 is 1.50. The fourth-order valence-corrected chi connectivity index (χ4v) is 8.25. The predicted octanol–water partition coefficient (Wildman–Crippen LogP) is 4.81. The molecule has 1 amide bonds. The Morgan fingerprint density at radius 1 is 1.16 bits per heavy atom. The van der Waals surface area contributed by atoms with Crippen molar-refractivity contribution in [3.05, 3.63) is 45.7 Å². The maximum atomic E-state index is 14.0. The summed E-state index contributed by atoms with van der Waals surface area (Å²) < 4.78 is 39.7. The second kappa shape index (κ2) is 9.31. The Balaban J connectivity index is 1.11. The van der Waals surface area contributed by atoms with Crippen molar-refractivity contribution in [2.75, 3.05) is 6.54 Å². The number of aliphatic hydroxyl groups is 1. The van der Waals surface area contributed by atoms with Crippen molar-refractivity contribution < 1.29 is 23.1 Å². The molecule has 3 fully saturated rings. The van der Waals surface area contributed by atoms with Gasteiger partial charge >= 0.3 is 6.18 Å². The lowest BCUT2D eigenvalue weighted by Crippen LogP contribution is -2.47. The zero-order valence-electron chi connectivity index (χ0n) is 20.8. The zero-order chi connectivity index (χ0) is 25.8. The first-order chi connectivity index (χ1) is 17.7. The van der Waals surface area contributed by atoms with E-state index in [0.717, 1.165) is 56.2 Å². The second-order valence-corrected chi connectivity index (χ2v) is 12.4. The molecule has 6 nitrogen and oxygen atoms in total. The molecule has 37 heavy (non-hydrogen) atoms. The minimum Gasteiger partial charge on any atom is -0.383 e. The van der Waals surface area contributed by atoms with E-state index in [4.69, 9.17) is 0 Å². The van der Waals surface area contributed by atoms with Gasteiger partial charge in [0.2, 0.25) is 5.91 Å². The summed E-state index contributed by atoms with van der Waals surface area (Å²) in [6, 6.07) is 1.73. The van der Waals surface area contributed by atoms with E-state index in [9.17, 15) is 23.1 Å². The minimum absolute atomic E-state index is 0.115. The molecule has 2 N–H and O–H groups in total. The van der Waals surface area contributed by atoms with E-state index in [1.54, 1.807) is 11.1 Å². The lowest BCUT2D eigenvalue weighted by Gasteiger charge is -2.38. The number of thiazole rings is 1. The maximum Gasteiger partial charge on any atom is 0.417 e. The average Bonchev–Trinajstić information content (AvgIpc) is 3.61. The van der Waals surface area contributed by atoms with E-state index in [1.807, 2.05) is 5.38 Å². The number of alkyl halides is 3. The van der Waals surface area contributed by atoms with Gasteiger partial charge in [0.25, 0.3) is 0 Å². The molecule has 3 atom stereocenters. The number of nitrogens with zero attached hydrogens (tertiary/aromatic N) is 3. The van der Waals surface area contributed by atoms with E-state index < -0.39 is 22.8 Å².